The number of rotatable bonds is 6. The van der Waals surface area contributed by atoms with Gasteiger partial charge in [-0.3, -0.25) is 0 Å². The lowest BCUT2D eigenvalue weighted by Crippen LogP contribution is -2.09. The molecule has 1 heterocycles. The molecular formula is C15H20N4O. The van der Waals surface area contributed by atoms with Crippen molar-refractivity contribution in [3.8, 4) is 5.75 Å². The summed E-state index contributed by atoms with van der Waals surface area (Å²) in [5.41, 5.74) is 3.87. The normalized spacial score (nSPS) is 13.4. The summed E-state index contributed by atoms with van der Waals surface area (Å²) in [6, 6.07) is 6.44. The largest absolute Gasteiger partial charge is 0.492 e. The summed E-state index contributed by atoms with van der Waals surface area (Å²) in [6.07, 6.45) is 5.61. The molecule has 0 unspecified atom stereocenters. The van der Waals surface area contributed by atoms with E-state index >= 15 is 0 Å². The van der Waals surface area contributed by atoms with Crippen LogP contribution in [0.25, 0.3) is 0 Å². The number of hydrogen-bond acceptors (Lipinski definition) is 4. The maximum atomic E-state index is 5.80. The Morgan fingerprint density at radius 3 is 3.10 bits per heavy atom. The van der Waals surface area contributed by atoms with E-state index in [9.17, 15) is 0 Å². The van der Waals surface area contributed by atoms with E-state index in [1.807, 2.05) is 17.9 Å². The molecule has 1 aliphatic rings. The molecule has 1 aromatic carbocycles. The molecule has 0 saturated carbocycles. The molecular weight excluding hydrogens is 252 g/mol. The Morgan fingerprint density at radius 2 is 2.20 bits per heavy atom. The summed E-state index contributed by atoms with van der Waals surface area (Å²) in [5, 5.41) is 11.2. The number of ether oxygens (including phenoxy) is 1. The van der Waals surface area contributed by atoms with Gasteiger partial charge in [-0.15, -0.1) is 5.10 Å². The zero-order valence-corrected chi connectivity index (χ0v) is 11.8. The Balaban J connectivity index is 1.51. The topological polar surface area (TPSA) is 52.0 Å². The number of hydrogen-bond donors (Lipinski definition) is 1. The van der Waals surface area contributed by atoms with Crippen molar-refractivity contribution >= 4 is 0 Å². The van der Waals surface area contributed by atoms with Gasteiger partial charge in [0.1, 0.15) is 12.4 Å². The molecule has 1 aromatic heterocycles. The molecule has 106 valence electrons. The van der Waals surface area contributed by atoms with Crippen LogP contribution in [0.1, 0.15) is 23.2 Å². The van der Waals surface area contributed by atoms with Gasteiger partial charge in [0.15, 0.2) is 0 Å². The van der Waals surface area contributed by atoms with Gasteiger partial charge in [-0.25, -0.2) is 4.68 Å². The summed E-state index contributed by atoms with van der Waals surface area (Å²) in [7, 11) is 1.90. The number of aryl methyl sites for hydroxylation is 2. The fourth-order valence-electron chi connectivity index (χ4n) is 2.60. The number of nitrogens with one attached hydrogen (secondary N) is 1. The van der Waals surface area contributed by atoms with Crippen molar-refractivity contribution in [1.82, 2.24) is 20.3 Å². The van der Waals surface area contributed by atoms with Gasteiger partial charge in [-0.05, 0) is 49.6 Å². The third-order valence-corrected chi connectivity index (χ3v) is 3.60. The average Bonchev–Trinajstić information content (AvgIpc) is 3.08. The first kappa shape index (κ1) is 13.1. The van der Waals surface area contributed by atoms with Gasteiger partial charge in [0.05, 0.1) is 12.2 Å². The van der Waals surface area contributed by atoms with Gasteiger partial charge >= 0.3 is 0 Å². The molecule has 5 heteroatoms. The van der Waals surface area contributed by atoms with Crippen LogP contribution < -0.4 is 10.1 Å². The van der Waals surface area contributed by atoms with E-state index in [1.165, 1.54) is 30.4 Å². The molecule has 2 aromatic rings. The third kappa shape index (κ3) is 2.99. The fraction of sp³-hybridized carbons (Fsp3) is 0.467. The quantitative estimate of drug-likeness (QED) is 0.867. The van der Waals surface area contributed by atoms with Crippen LogP contribution >= 0.6 is 0 Å². The minimum Gasteiger partial charge on any atom is -0.492 e. The first-order chi connectivity index (χ1) is 9.85. The summed E-state index contributed by atoms with van der Waals surface area (Å²) in [6.45, 7) is 2.07. The van der Waals surface area contributed by atoms with Gasteiger partial charge in [0.25, 0.3) is 0 Å². The second kappa shape index (κ2) is 6.05. The van der Waals surface area contributed by atoms with Crippen LogP contribution in [0.4, 0.5) is 0 Å². The lowest BCUT2D eigenvalue weighted by molar-refractivity contribution is 0.289. The Hall–Kier alpha value is -1.88. The molecule has 20 heavy (non-hydrogen) atoms. The molecule has 5 nitrogen and oxygen atoms in total. The minimum atomic E-state index is 0.612. The van der Waals surface area contributed by atoms with Crippen LogP contribution in [0.2, 0.25) is 0 Å². The van der Waals surface area contributed by atoms with Crippen molar-refractivity contribution in [1.29, 1.82) is 0 Å². The van der Waals surface area contributed by atoms with Crippen LogP contribution in [0.5, 0.6) is 5.75 Å². The number of aromatic nitrogens is 3. The highest BCUT2D eigenvalue weighted by molar-refractivity contribution is 5.38. The fourth-order valence-corrected chi connectivity index (χ4v) is 2.60. The highest BCUT2D eigenvalue weighted by Crippen LogP contribution is 2.25. The number of nitrogens with zero attached hydrogens (tertiary/aromatic N) is 3. The van der Waals surface area contributed by atoms with Crippen molar-refractivity contribution in [2.75, 3.05) is 13.7 Å². The van der Waals surface area contributed by atoms with E-state index in [4.69, 9.17) is 4.74 Å². The Kier molecular flexibility index (Phi) is 3.97. The Bertz CT molecular complexity index is 579. The Labute approximate surface area is 118 Å². The monoisotopic (exact) mass is 272 g/mol. The average molecular weight is 272 g/mol. The molecule has 1 aliphatic carbocycles. The second-order valence-corrected chi connectivity index (χ2v) is 5.14. The van der Waals surface area contributed by atoms with Crippen molar-refractivity contribution in [2.24, 2.45) is 0 Å². The first-order valence-corrected chi connectivity index (χ1v) is 7.13. The van der Waals surface area contributed by atoms with Gasteiger partial charge in [-0.2, -0.15) is 0 Å². The van der Waals surface area contributed by atoms with Crippen LogP contribution in [0.15, 0.2) is 24.4 Å². The zero-order valence-electron chi connectivity index (χ0n) is 11.8. The molecule has 0 fully saturated rings. The van der Waals surface area contributed by atoms with Crippen molar-refractivity contribution in [2.45, 2.75) is 32.4 Å². The molecule has 0 radical (unpaired) electrons. The van der Waals surface area contributed by atoms with E-state index in [0.717, 1.165) is 18.0 Å². The maximum Gasteiger partial charge on any atom is 0.119 e. The van der Waals surface area contributed by atoms with Crippen LogP contribution in [-0.2, 0) is 25.9 Å². The second-order valence-electron chi connectivity index (χ2n) is 5.14. The standard InChI is InChI=1S/C15H20N4O/c1-16-10-14-11-19(18-17-14)7-8-20-15-6-5-12-3-2-4-13(12)9-15/h5-6,9,11,16H,2-4,7-8,10H2,1H3. The minimum absolute atomic E-state index is 0.612. The SMILES string of the molecule is CNCc1cn(CCOc2ccc3c(c2)CCC3)nn1. The van der Waals surface area contributed by atoms with E-state index in [1.54, 1.807) is 0 Å². The Morgan fingerprint density at radius 1 is 1.30 bits per heavy atom. The summed E-state index contributed by atoms with van der Waals surface area (Å²) in [5.74, 6) is 0.959. The van der Waals surface area contributed by atoms with Crippen molar-refractivity contribution in [3.63, 3.8) is 0 Å². The van der Waals surface area contributed by atoms with Gasteiger partial charge in [0.2, 0.25) is 0 Å². The maximum absolute atomic E-state index is 5.80. The highest BCUT2D eigenvalue weighted by atomic mass is 16.5. The van der Waals surface area contributed by atoms with Gasteiger partial charge in [0, 0.05) is 12.7 Å². The number of benzene rings is 1. The van der Waals surface area contributed by atoms with Crippen LogP contribution in [0.3, 0.4) is 0 Å². The van der Waals surface area contributed by atoms with Crippen molar-refractivity contribution < 1.29 is 4.74 Å². The van der Waals surface area contributed by atoms with Crippen molar-refractivity contribution in [3.05, 3.63) is 41.2 Å². The van der Waals surface area contributed by atoms with E-state index in [0.29, 0.717) is 13.2 Å². The zero-order chi connectivity index (χ0) is 13.8. The molecule has 0 atom stereocenters. The summed E-state index contributed by atoms with van der Waals surface area (Å²) < 4.78 is 7.62. The lowest BCUT2D eigenvalue weighted by Gasteiger charge is -2.07. The smallest absolute Gasteiger partial charge is 0.119 e. The first-order valence-electron chi connectivity index (χ1n) is 7.13. The van der Waals surface area contributed by atoms with E-state index in [-0.39, 0.29) is 0 Å². The molecule has 0 bridgehead atoms. The molecule has 0 amide bonds. The highest BCUT2D eigenvalue weighted by Gasteiger charge is 2.11. The van der Waals surface area contributed by atoms with Gasteiger partial charge < -0.3 is 10.1 Å². The summed E-state index contributed by atoms with van der Waals surface area (Å²) >= 11 is 0. The van der Waals surface area contributed by atoms with Gasteiger partial charge in [-0.1, -0.05) is 11.3 Å². The lowest BCUT2D eigenvalue weighted by atomic mass is 10.1. The predicted octanol–water partition coefficient (Wildman–Crippen LogP) is 1.57. The molecule has 0 spiro atoms. The third-order valence-electron chi connectivity index (χ3n) is 3.60. The van der Waals surface area contributed by atoms with E-state index < -0.39 is 0 Å². The molecule has 0 saturated heterocycles. The molecule has 0 aliphatic heterocycles. The molecule has 3 rings (SSSR count). The summed E-state index contributed by atoms with van der Waals surface area (Å²) in [4.78, 5) is 0. The number of fused-ring (bicyclic) bond motifs is 1. The van der Waals surface area contributed by atoms with E-state index in [2.05, 4.69) is 33.8 Å². The predicted molar refractivity (Wildman–Crippen MR) is 76.7 cm³/mol. The molecule has 1 N–H and O–H groups in total. The van der Waals surface area contributed by atoms with Crippen LogP contribution in [-0.4, -0.2) is 28.6 Å². The van der Waals surface area contributed by atoms with Crippen LogP contribution in [0, 0.1) is 0 Å².